The minimum absolute atomic E-state index is 0.557. The van der Waals surface area contributed by atoms with E-state index in [4.69, 9.17) is 0 Å². The SMILES string of the molecule is Cc1cc2n(n1)NC(C)CC2. The quantitative estimate of drug-likeness (QED) is 0.601. The van der Waals surface area contributed by atoms with E-state index in [0.29, 0.717) is 6.04 Å². The topological polar surface area (TPSA) is 29.9 Å². The molecule has 11 heavy (non-hydrogen) atoms. The summed E-state index contributed by atoms with van der Waals surface area (Å²) in [5.41, 5.74) is 5.69. The smallest absolute Gasteiger partial charge is 0.0623 e. The van der Waals surface area contributed by atoms with Crippen molar-refractivity contribution < 1.29 is 0 Å². The Kier molecular flexibility index (Phi) is 1.37. The predicted octanol–water partition coefficient (Wildman–Crippen LogP) is 1.07. The number of nitrogens with zero attached hydrogens (tertiary/aromatic N) is 2. The minimum Gasteiger partial charge on any atom is -0.307 e. The highest BCUT2D eigenvalue weighted by molar-refractivity contribution is 5.13. The molecular formula is C8H13N3. The van der Waals surface area contributed by atoms with Crippen molar-refractivity contribution in [2.45, 2.75) is 32.7 Å². The largest absolute Gasteiger partial charge is 0.307 e. The van der Waals surface area contributed by atoms with Gasteiger partial charge in [-0.25, -0.2) is 0 Å². The molecule has 1 aliphatic heterocycles. The Morgan fingerprint density at radius 1 is 1.73 bits per heavy atom. The average molecular weight is 151 g/mol. The van der Waals surface area contributed by atoms with Gasteiger partial charge in [-0.1, -0.05) is 0 Å². The van der Waals surface area contributed by atoms with Crippen molar-refractivity contribution in [1.29, 1.82) is 0 Å². The van der Waals surface area contributed by atoms with Gasteiger partial charge < -0.3 is 5.43 Å². The van der Waals surface area contributed by atoms with Crippen LogP contribution >= 0.6 is 0 Å². The number of rotatable bonds is 0. The molecule has 0 spiro atoms. The summed E-state index contributed by atoms with van der Waals surface area (Å²) < 4.78 is 0. The number of aromatic nitrogens is 2. The summed E-state index contributed by atoms with van der Waals surface area (Å²) in [5.74, 6) is 0. The van der Waals surface area contributed by atoms with Crippen LogP contribution in [-0.2, 0) is 6.42 Å². The molecule has 0 saturated carbocycles. The lowest BCUT2D eigenvalue weighted by Crippen LogP contribution is -2.32. The number of hydrogen-bond acceptors (Lipinski definition) is 2. The number of hydrogen-bond donors (Lipinski definition) is 1. The highest BCUT2D eigenvalue weighted by Crippen LogP contribution is 2.12. The van der Waals surface area contributed by atoms with Crippen LogP contribution < -0.4 is 5.43 Å². The van der Waals surface area contributed by atoms with Gasteiger partial charge in [-0.05, 0) is 32.8 Å². The lowest BCUT2D eigenvalue weighted by atomic mass is 10.1. The molecule has 0 bridgehead atoms. The molecule has 0 aliphatic carbocycles. The third kappa shape index (κ3) is 1.11. The van der Waals surface area contributed by atoms with E-state index in [1.807, 2.05) is 11.7 Å². The molecule has 1 atom stereocenters. The van der Waals surface area contributed by atoms with E-state index in [-0.39, 0.29) is 0 Å². The molecule has 1 aliphatic rings. The molecule has 0 saturated heterocycles. The standard InChI is InChI=1S/C8H13N3/c1-6-3-4-8-5-7(2)10-11(8)9-6/h5-6,9H,3-4H2,1-2H3. The minimum atomic E-state index is 0.557. The fourth-order valence-corrected chi connectivity index (χ4v) is 1.48. The molecule has 60 valence electrons. The maximum atomic E-state index is 4.31. The molecule has 2 rings (SSSR count). The second kappa shape index (κ2) is 2.26. The van der Waals surface area contributed by atoms with Gasteiger partial charge in [0.1, 0.15) is 0 Å². The van der Waals surface area contributed by atoms with Crippen molar-refractivity contribution in [2.75, 3.05) is 5.43 Å². The van der Waals surface area contributed by atoms with Crippen LogP contribution in [0.1, 0.15) is 24.7 Å². The van der Waals surface area contributed by atoms with Gasteiger partial charge in [0.25, 0.3) is 0 Å². The molecule has 1 N–H and O–H groups in total. The summed E-state index contributed by atoms with van der Waals surface area (Å²) in [7, 11) is 0. The van der Waals surface area contributed by atoms with Gasteiger partial charge >= 0.3 is 0 Å². The van der Waals surface area contributed by atoms with E-state index < -0.39 is 0 Å². The zero-order valence-corrected chi connectivity index (χ0v) is 6.96. The Bertz CT molecular complexity index is 264. The predicted molar refractivity (Wildman–Crippen MR) is 44.1 cm³/mol. The number of aryl methyl sites for hydroxylation is 2. The van der Waals surface area contributed by atoms with Crippen LogP contribution in [0.3, 0.4) is 0 Å². The molecule has 0 aromatic carbocycles. The Labute approximate surface area is 66.4 Å². The Morgan fingerprint density at radius 3 is 3.36 bits per heavy atom. The zero-order valence-electron chi connectivity index (χ0n) is 6.96. The maximum absolute atomic E-state index is 4.31. The van der Waals surface area contributed by atoms with Crippen LogP contribution in [0.5, 0.6) is 0 Å². The highest BCUT2D eigenvalue weighted by Gasteiger charge is 2.14. The fraction of sp³-hybridized carbons (Fsp3) is 0.625. The Hall–Kier alpha value is -0.990. The second-order valence-corrected chi connectivity index (χ2v) is 3.26. The van der Waals surface area contributed by atoms with E-state index in [1.165, 1.54) is 12.1 Å². The molecule has 1 aromatic heterocycles. The van der Waals surface area contributed by atoms with Crippen LogP contribution in [0.4, 0.5) is 0 Å². The molecule has 2 heterocycles. The van der Waals surface area contributed by atoms with E-state index in [1.54, 1.807) is 0 Å². The van der Waals surface area contributed by atoms with Gasteiger partial charge in [-0.3, -0.25) is 0 Å². The van der Waals surface area contributed by atoms with Crippen molar-refractivity contribution in [3.05, 3.63) is 17.5 Å². The van der Waals surface area contributed by atoms with Crippen molar-refractivity contribution in [1.82, 2.24) is 9.89 Å². The number of fused-ring (bicyclic) bond motifs is 1. The third-order valence-electron chi connectivity index (χ3n) is 2.08. The van der Waals surface area contributed by atoms with Crippen LogP contribution in [0.2, 0.25) is 0 Å². The van der Waals surface area contributed by atoms with E-state index >= 15 is 0 Å². The molecule has 3 nitrogen and oxygen atoms in total. The van der Waals surface area contributed by atoms with Crippen molar-refractivity contribution in [2.24, 2.45) is 0 Å². The van der Waals surface area contributed by atoms with Crippen LogP contribution in [0.15, 0.2) is 6.07 Å². The van der Waals surface area contributed by atoms with E-state index in [2.05, 4.69) is 23.5 Å². The molecule has 0 fully saturated rings. The van der Waals surface area contributed by atoms with Crippen molar-refractivity contribution >= 4 is 0 Å². The van der Waals surface area contributed by atoms with Gasteiger partial charge in [-0.15, -0.1) is 0 Å². The van der Waals surface area contributed by atoms with Crippen LogP contribution in [-0.4, -0.2) is 15.9 Å². The molecular weight excluding hydrogens is 138 g/mol. The normalized spacial score (nSPS) is 22.5. The molecule has 0 amide bonds. The van der Waals surface area contributed by atoms with Crippen LogP contribution in [0.25, 0.3) is 0 Å². The van der Waals surface area contributed by atoms with Gasteiger partial charge in [0.15, 0.2) is 0 Å². The first-order valence-corrected chi connectivity index (χ1v) is 4.08. The first kappa shape index (κ1) is 6.70. The summed E-state index contributed by atoms with van der Waals surface area (Å²) >= 11 is 0. The van der Waals surface area contributed by atoms with Gasteiger partial charge in [0.05, 0.1) is 11.4 Å². The summed E-state index contributed by atoms with van der Waals surface area (Å²) in [5, 5.41) is 4.31. The lowest BCUT2D eigenvalue weighted by molar-refractivity contribution is 0.523. The first-order chi connectivity index (χ1) is 5.25. The summed E-state index contributed by atoms with van der Waals surface area (Å²) in [6, 6.07) is 2.69. The van der Waals surface area contributed by atoms with Gasteiger partial charge in [0, 0.05) is 6.04 Å². The van der Waals surface area contributed by atoms with E-state index in [9.17, 15) is 0 Å². The fourth-order valence-electron chi connectivity index (χ4n) is 1.48. The van der Waals surface area contributed by atoms with Crippen molar-refractivity contribution in [3.8, 4) is 0 Å². The van der Waals surface area contributed by atoms with Crippen molar-refractivity contribution in [3.63, 3.8) is 0 Å². The summed E-state index contributed by atoms with van der Waals surface area (Å²) in [6.45, 7) is 4.21. The average Bonchev–Trinajstić information content (AvgIpc) is 2.27. The molecule has 3 heteroatoms. The molecule has 1 aromatic rings. The summed E-state index contributed by atoms with van der Waals surface area (Å²) in [6.07, 6.45) is 2.36. The van der Waals surface area contributed by atoms with Gasteiger partial charge in [0.2, 0.25) is 0 Å². The van der Waals surface area contributed by atoms with Crippen LogP contribution in [0, 0.1) is 6.92 Å². The first-order valence-electron chi connectivity index (χ1n) is 4.08. The van der Waals surface area contributed by atoms with Gasteiger partial charge in [-0.2, -0.15) is 9.89 Å². The number of nitrogens with one attached hydrogen (secondary N) is 1. The molecule has 0 radical (unpaired) electrons. The van der Waals surface area contributed by atoms with E-state index in [0.717, 1.165) is 12.1 Å². The third-order valence-corrected chi connectivity index (χ3v) is 2.08. The second-order valence-electron chi connectivity index (χ2n) is 3.26. The maximum Gasteiger partial charge on any atom is 0.0623 e. The zero-order chi connectivity index (χ0) is 7.84. The molecule has 1 unspecified atom stereocenters. The lowest BCUT2D eigenvalue weighted by Gasteiger charge is -2.21. The Morgan fingerprint density at radius 2 is 2.55 bits per heavy atom. The monoisotopic (exact) mass is 151 g/mol. The Balaban J connectivity index is 2.34. The summed E-state index contributed by atoms with van der Waals surface area (Å²) in [4.78, 5) is 1.91. The highest BCUT2D eigenvalue weighted by atomic mass is 15.6.